The molecule has 0 aliphatic heterocycles. The Morgan fingerprint density at radius 1 is 1.41 bits per heavy atom. The Labute approximate surface area is 99.4 Å². The highest BCUT2D eigenvalue weighted by Crippen LogP contribution is 2.39. The van der Waals surface area contributed by atoms with Crippen molar-refractivity contribution < 1.29 is 31.9 Å². The predicted molar refractivity (Wildman–Crippen MR) is 48.9 cm³/mol. The summed E-state index contributed by atoms with van der Waals surface area (Å²) in [5.74, 6) is -1.82. The van der Waals surface area contributed by atoms with Crippen LogP contribution in [0.2, 0.25) is 0 Å². The van der Waals surface area contributed by atoms with E-state index in [0.717, 1.165) is 0 Å². The lowest BCUT2D eigenvalue weighted by atomic mass is 10.1. The van der Waals surface area contributed by atoms with Crippen LogP contribution in [-0.2, 0) is 6.18 Å². The number of hydrogen-bond donors (Lipinski definition) is 1. The minimum Gasteiger partial charge on any atom is -0.476 e. The number of aromatic carboxylic acids is 1. The van der Waals surface area contributed by atoms with Gasteiger partial charge < -0.3 is 5.11 Å². The molecule has 0 bridgehead atoms. The summed E-state index contributed by atoms with van der Waals surface area (Å²) in [7, 11) is 0. The number of hydrogen-bond acceptors (Lipinski definition) is 2. The second-order valence-corrected chi connectivity index (χ2v) is 3.64. The van der Waals surface area contributed by atoms with E-state index in [1.807, 2.05) is 0 Å². The Morgan fingerprint density at radius 3 is 2.29 bits per heavy atom. The van der Waals surface area contributed by atoms with Crippen LogP contribution < -0.4 is 0 Å². The molecule has 0 saturated heterocycles. The molecule has 0 radical (unpaired) electrons. The summed E-state index contributed by atoms with van der Waals surface area (Å²) in [5.41, 5.74) is -3.84. The summed E-state index contributed by atoms with van der Waals surface area (Å²) >= 11 is 2.33. The van der Waals surface area contributed by atoms with Crippen molar-refractivity contribution in [3.63, 3.8) is 0 Å². The molecule has 0 aromatic carbocycles. The lowest BCUT2D eigenvalue weighted by molar-refractivity contribution is -0.138. The van der Waals surface area contributed by atoms with Crippen molar-refractivity contribution in [3.8, 4) is 0 Å². The molecule has 1 aromatic rings. The monoisotopic (exact) mass is 319 g/mol. The number of halogens is 6. The molecule has 9 heteroatoms. The largest absolute Gasteiger partial charge is 0.476 e. The number of carboxylic acid groups (broad SMARTS) is 1. The standard InChI is InChI=1S/C8H3BrF5NO2/c9-4-2(8(12,13)14)1-15-5(7(16)17)3(4)6(10)11/h1,6H,(H,16,17). The van der Waals surface area contributed by atoms with Crippen molar-refractivity contribution in [1.82, 2.24) is 4.98 Å². The zero-order valence-corrected chi connectivity index (χ0v) is 9.31. The third-order valence-electron chi connectivity index (χ3n) is 1.78. The molecule has 0 atom stereocenters. The first-order valence-electron chi connectivity index (χ1n) is 3.93. The van der Waals surface area contributed by atoms with Crippen molar-refractivity contribution >= 4 is 21.9 Å². The van der Waals surface area contributed by atoms with Crippen LogP contribution >= 0.6 is 15.9 Å². The van der Waals surface area contributed by atoms with E-state index < -0.39 is 39.9 Å². The first-order chi connectivity index (χ1) is 7.66. The van der Waals surface area contributed by atoms with Crippen molar-refractivity contribution in [2.24, 2.45) is 0 Å². The second kappa shape index (κ2) is 4.55. The predicted octanol–water partition coefficient (Wildman–Crippen LogP) is 3.50. The first kappa shape index (κ1) is 13.8. The molecule has 94 valence electrons. The van der Waals surface area contributed by atoms with Gasteiger partial charge in [-0.05, 0) is 15.9 Å². The van der Waals surface area contributed by atoms with E-state index in [4.69, 9.17) is 5.11 Å². The summed E-state index contributed by atoms with van der Waals surface area (Å²) in [6.07, 6.45) is -8.09. The van der Waals surface area contributed by atoms with Crippen LogP contribution in [0.1, 0.15) is 28.0 Å². The van der Waals surface area contributed by atoms with Crippen molar-refractivity contribution in [2.75, 3.05) is 0 Å². The minimum absolute atomic E-state index is 0.194. The molecular weight excluding hydrogens is 317 g/mol. The molecule has 1 heterocycles. The van der Waals surface area contributed by atoms with Gasteiger partial charge in [0.05, 0.1) is 11.1 Å². The summed E-state index contributed by atoms with van der Waals surface area (Å²) in [4.78, 5) is 13.4. The average Bonchev–Trinajstić information content (AvgIpc) is 2.13. The Bertz CT molecular complexity index is 460. The van der Waals surface area contributed by atoms with E-state index in [1.54, 1.807) is 0 Å². The van der Waals surface area contributed by atoms with Gasteiger partial charge >= 0.3 is 12.1 Å². The maximum absolute atomic E-state index is 12.5. The average molecular weight is 320 g/mol. The highest BCUT2D eigenvalue weighted by molar-refractivity contribution is 9.10. The third-order valence-corrected chi connectivity index (χ3v) is 2.63. The Balaban J connectivity index is 3.55. The maximum Gasteiger partial charge on any atom is 0.418 e. The molecule has 0 saturated carbocycles. The number of nitrogens with zero attached hydrogens (tertiary/aromatic N) is 1. The topological polar surface area (TPSA) is 50.2 Å². The molecule has 1 aromatic heterocycles. The van der Waals surface area contributed by atoms with E-state index in [1.165, 1.54) is 0 Å². The Morgan fingerprint density at radius 2 is 1.94 bits per heavy atom. The molecular formula is C8H3BrF5NO2. The van der Waals surface area contributed by atoms with Gasteiger partial charge in [0.2, 0.25) is 0 Å². The third kappa shape index (κ3) is 2.71. The molecule has 0 spiro atoms. The molecule has 0 unspecified atom stereocenters. The van der Waals surface area contributed by atoms with Crippen LogP contribution in [0.5, 0.6) is 0 Å². The second-order valence-electron chi connectivity index (χ2n) is 2.85. The Kier molecular flexibility index (Phi) is 3.70. The first-order valence-corrected chi connectivity index (χ1v) is 4.72. The van der Waals surface area contributed by atoms with Gasteiger partial charge in [-0.3, -0.25) is 0 Å². The van der Waals surface area contributed by atoms with E-state index in [2.05, 4.69) is 20.9 Å². The lowest BCUT2D eigenvalue weighted by Crippen LogP contribution is -2.14. The molecule has 1 rings (SSSR count). The number of carbonyl (C=O) groups is 1. The number of carboxylic acids is 1. The Hall–Kier alpha value is -1.25. The van der Waals surface area contributed by atoms with Crippen molar-refractivity contribution in [2.45, 2.75) is 12.6 Å². The zero-order valence-electron chi connectivity index (χ0n) is 7.73. The number of aromatic nitrogens is 1. The van der Waals surface area contributed by atoms with Crippen molar-refractivity contribution in [1.29, 1.82) is 0 Å². The molecule has 0 amide bonds. The highest BCUT2D eigenvalue weighted by atomic mass is 79.9. The fraction of sp³-hybridized carbons (Fsp3) is 0.250. The van der Waals surface area contributed by atoms with Crippen LogP contribution in [-0.4, -0.2) is 16.1 Å². The highest BCUT2D eigenvalue weighted by Gasteiger charge is 2.37. The van der Waals surface area contributed by atoms with Gasteiger partial charge in [-0.1, -0.05) is 0 Å². The molecule has 17 heavy (non-hydrogen) atoms. The summed E-state index contributed by atoms with van der Waals surface area (Å²) in [6, 6.07) is 0. The van der Waals surface area contributed by atoms with Gasteiger partial charge in [0, 0.05) is 10.7 Å². The summed E-state index contributed by atoms with van der Waals surface area (Å²) in [6.45, 7) is 0. The number of pyridine rings is 1. The van der Waals surface area contributed by atoms with E-state index >= 15 is 0 Å². The normalized spacial score (nSPS) is 11.9. The van der Waals surface area contributed by atoms with Crippen LogP contribution in [0.3, 0.4) is 0 Å². The summed E-state index contributed by atoms with van der Waals surface area (Å²) < 4.78 is 61.1. The molecule has 3 nitrogen and oxygen atoms in total. The van der Waals surface area contributed by atoms with Crippen LogP contribution in [0.4, 0.5) is 22.0 Å². The minimum atomic E-state index is -4.90. The molecule has 0 aliphatic rings. The van der Waals surface area contributed by atoms with E-state index in [9.17, 15) is 26.7 Å². The van der Waals surface area contributed by atoms with Gasteiger partial charge in [0.25, 0.3) is 6.43 Å². The fourth-order valence-corrected chi connectivity index (χ4v) is 1.76. The van der Waals surface area contributed by atoms with Gasteiger partial charge in [0.1, 0.15) is 0 Å². The summed E-state index contributed by atoms with van der Waals surface area (Å²) in [5, 5.41) is 8.53. The van der Waals surface area contributed by atoms with E-state index in [-0.39, 0.29) is 6.20 Å². The number of rotatable bonds is 2. The van der Waals surface area contributed by atoms with Crippen molar-refractivity contribution in [3.05, 3.63) is 27.5 Å². The smallest absolute Gasteiger partial charge is 0.418 e. The number of alkyl halides is 5. The van der Waals surface area contributed by atoms with Gasteiger partial charge in [-0.2, -0.15) is 13.2 Å². The fourth-order valence-electron chi connectivity index (χ4n) is 1.07. The quantitative estimate of drug-likeness (QED) is 0.849. The molecule has 1 N–H and O–H groups in total. The molecule has 0 aliphatic carbocycles. The van der Waals surface area contributed by atoms with Crippen LogP contribution in [0.15, 0.2) is 10.7 Å². The van der Waals surface area contributed by atoms with E-state index in [0.29, 0.717) is 0 Å². The van der Waals surface area contributed by atoms with Crippen LogP contribution in [0.25, 0.3) is 0 Å². The van der Waals surface area contributed by atoms with Crippen LogP contribution in [0, 0.1) is 0 Å². The maximum atomic E-state index is 12.5. The van der Waals surface area contributed by atoms with Gasteiger partial charge in [0.15, 0.2) is 5.69 Å². The zero-order chi connectivity index (χ0) is 13.4. The van der Waals surface area contributed by atoms with Gasteiger partial charge in [-0.25, -0.2) is 18.6 Å². The molecule has 0 fully saturated rings. The SMILES string of the molecule is O=C(O)c1ncc(C(F)(F)F)c(Br)c1C(F)F. The lowest BCUT2D eigenvalue weighted by Gasteiger charge is -2.13. The van der Waals surface area contributed by atoms with Gasteiger partial charge in [-0.15, -0.1) is 0 Å².